The van der Waals surface area contributed by atoms with E-state index in [9.17, 15) is 5.11 Å². The van der Waals surface area contributed by atoms with Crippen molar-refractivity contribution in [3.8, 4) is 28.6 Å². The molecule has 0 aliphatic carbocycles. The molecule has 7 heteroatoms. The third kappa shape index (κ3) is 4.29. The Labute approximate surface area is 205 Å². The molecule has 34 heavy (non-hydrogen) atoms. The molecule has 1 aliphatic heterocycles. The van der Waals surface area contributed by atoms with Crippen molar-refractivity contribution >= 4 is 27.6 Å². The van der Waals surface area contributed by atoms with E-state index in [0.29, 0.717) is 22.7 Å². The molecule has 1 unspecified atom stereocenters. The largest absolute Gasteiger partial charge is 0.543 e. The van der Waals surface area contributed by atoms with E-state index < -0.39 is 22.9 Å². The van der Waals surface area contributed by atoms with Gasteiger partial charge in [-0.15, -0.1) is 0 Å². The summed E-state index contributed by atoms with van der Waals surface area (Å²) >= 11 is 0. The number of hydrogen-bond donors (Lipinski definition) is 1. The van der Waals surface area contributed by atoms with E-state index in [1.165, 1.54) is 0 Å². The first-order chi connectivity index (χ1) is 15.5. The van der Waals surface area contributed by atoms with E-state index in [1.54, 1.807) is 0 Å². The Kier molecular flexibility index (Phi) is 5.78. The van der Waals surface area contributed by atoms with Crippen LogP contribution < -0.4 is 13.6 Å². The molecule has 1 atom stereocenters. The predicted molar refractivity (Wildman–Crippen MR) is 143 cm³/mol. The van der Waals surface area contributed by atoms with Gasteiger partial charge in [-0.05, 0) is 60.5 Å². The highest BCUT2D eigenvalue weighted by atomic mass is 28.4. The highest BCUT2D eigenvalue weighted by molar-refractivity contribution is 6.75. The molecular weight excluding hydrogens is 460 g/mol. The van der Waals surface area contributed by atoms with Crippen LogP contribution in [0.25, 0.3) is 22.3 Å². The molecule has 0 saturated heterocycles. The molecule has 2 aromatic carbocycles. The Balaban J connectivity index is 1.71. The number of hydrogen-bond acceptors (Lipinski definition) is 5. The van der Waals surface area contributed by atoms with Crippen LogP contribution >= 0.6 is 0 Å². The fourth-order valence-electron chi connectivity index (χ4n) is 3.53. The van der Waals surface area contributed by atoms with E-state index in [1.807, 2.05) is 36.4 Å². The summed E-state index contributed by atoms with van der Waals surface area (Å²) in [4.78, 5) is 0. The van der Waals surface area contributed by atoms with Gasteiger partial charge in [-0.2, -0.15) is 0 Å². The monoisotopic (exact) mass is 498 g/mol. The van der Waals surface area contributed by atoms with Gasteiger partial charge in [-0.25, -0.2) is 0 Å². The van der Waals surface area contributed by atoms with Crippen molar-refractivity contribution < 1.29 is 23.1 Å². The maximum Gasteiger partial charge on any atom is 0.250 e. The number of aliphatic hydroxyl groups excluding tert-OH is 1. The maximum absolute atomic E-state index is 10.9. The van der Waals surface area contributed by atoms with Gasteiger partial charge < -0.3 is 23.1 Å². The molecule has 1 aromatic heterocycles. The standard InChI is InChI=1S/C27H38O5Si2/c1-26(2,3)33(7,8)31-17-11-13-19-21(15-17)29-24-20-14-12-18(32-34(9,10)27(4,5)6)16-22(20)30-25(28)23(19)24/h11-16,25,28H,1-10H3. The van der Waals surface area contributed by atoms with Crippen LogP contribution in [0.4, 0.5) is 0 Å². The Morgan fingerprint density at radius 1 is 0.794 bits per heavy atom. The van der Waals surface area contributed by atoms with Gasteiger partial charge in [0.1, 0.15) is 28.6 Å². The minimum Gasteiger partial charge on any atom is -0.543 e. The lowest BCUT2D eigenvalue weighted by Crippen LogP contribution is -2.43. The molecule has 4 rings (SSSR count). The van der Waals surface area contributed by atoms with Crippen molar-refractivity contribution in [2.24, 2.45) is 0 Å². The van der Waals surface area contributed by atoms with Gasteiger partial charge in [0.05, 0.1) is 11.1 Å². The van der Waals surface area contributed by atoms with Crippen molar-refractivity contribution in [3.05, 3.63) is 42.0 Å². The van der Waals surface area contributed by atoms with Gasteiger partial charge in [-0.1, -0.05) is 41.5 Å². The van der Waals surface area contributed by atoms with E-state index in [2.05, 4.69) is 67.7 Å². The maximum atomic E-state index is 10.9. The Morgan fingerprint density at radius 3 is 1.88 bits per heavy atom. The van der Waals surface area contributed by atoms with E-state index in [0.717, 1.165) is 22.4 Å². The zero-order chi connectivity index (χ0) is 25.3. The lowest BCUT2D eigenvalue weighted by molar-refractivity contribution is -0.0210. The number of furan rings is 1. The van der Waals surface area contributed by atoms with E-state index in [-0.39, 0.29) is 10.1 Å². The van der Waals surface area contributed by atoms with Crippen molar-refractivity contribution in [1.29, 1.82) is 0 Å². The van der Waals surface area contributed by atoms with E-state index >= 15 is 0 Å². The first kappa shape index (κ1) is 24.9. The fourth-order valence-corrected chi connectivity index (χ4v) is 5.58. The van der Waals surface area contributed by atoms with Crippen molar-refractivity contribution in [2.75, 3.05) is 0 Å². The van der Waals surface area contributed by atoms with Crippen LogP contribution in [0.1, 0.15) is 53.4 Å². The zero-order valence-electron chi connectivity index (χ0n) is 22.1. The second-order valence-electron chi connectivity index (χ2n) is 12.4. The molecule has 0 amide bonds. The molecule has 0 saturated carbocycles. The normalized spacial score (nSPS) is 16.6. The first-order valence-corrected chi connectivity index (χ1v) is 17.8. The first-order valence-electron chi connectivity index (χ1n) is 11.9. The minimum absolute atomic E-state index is 0.0827. The number of fused-ring (bicyclic) bond motifs is 5. The molecule has 3 aromatic rings. The average Bonchev–Trinajstić information content (AvgIpc) is 3.04. The number of benzene rings is 2. The third-order valence-electron chi connectivity index (χ3n) is 7.74. The van der Waals surface area contributed by atoms with Crippen molar-refractivity contribution in [3.63, 3.8) is 0 Å². The summed E-state index contributed by atoms with van der Waals surface area (Å²) in [5.41, 5.74) is 2.14. The summed E-state index contributed by atoms with van der Waals surface area (Å²) in [6, 6.07) is 11.6. The van der Waals surface area contributed by atoms with Crippen LogP contribution in [0, 0.1) is 0 Å². The minimum atomic E-state index is -2.00. The highest BCUT2D eigenvalue weighted by Gasteiger charge is 2.40. The van der Waals surface area contributed by atoms with Crippen LogP contribution in [0.2, 0.25) is 36.3 Å². The van der Waals surface area contributed by atoms with Crippen LogP contribution in [0.15, 0.2) is 40.8 Å². The second-order valence-corrected chi connectivity index (χ2v) is 21.8. The second kappa shape index (κ2) is 7.90. The summed E-state index contributed by atoms with van der Waals surface area (Å²) in [6.45, 7) is 22.2. The summed E-state index contributed by atoms with van der Waals surface area (Å²) in [7, 11) is -3.98. The lowest BCUT2D eigenvalue weighted by Gasteiger charge is -2.36. The quantitative estimate of drug-likeness (QED) is 0.367. The molecule has 0 radical (unpaired) electrons. The SMILES string of the molecule is CC(C)(C)[Si](C)(C)Oc1ccc2c(c1)OC(O)c1c-2oc2cc(O[Si](C)(C)C(C)(C)C)ccc12. The molecular formula is C27H38O5Si2. The smallest absolute Gasteiger partial charge is 0.250 e. The molecule has 0 spiro atoms. The molecule has 1 aliphatic rings. The summed E-state index contributed by atoms with van der Waals surface area (Å²) in [5, 5.41) is 11.9. The van der Waals surface area contributed by atoms with Gasteiger partial charge in [0.25, 0.3) is 0 Å². The Morgan fingerprint density at radius 2 is 1.32 bits per heavy atom. The lowest BCUT2D eigenvalue weighted by atomic mass is 10.0. The molecule has 2 heterocycles. The van der Waals surface area contributed by atoms with Crippen LogP contribution in [-0.2, 0) is 0 Å². The van der Waals surface area contributed by atoms with Gasteiger partial charge in [0.2, 0.25) is 22.9 Å². The molecule has 5 nitrogen and oxygen atoms in total. The summed E-state index contributed by atoms with van der Waals surface area (Å²) in [6.07, 6.45) is -1.11. The summed E-state index contributed by atoms with van der Waals surface area (Å²) in [5.74, 6) is 2.74. The van der Waals surface area contributed by atoms with Crippen LogP contribution in [0.5, 0.6) is 17.2 Å². The molecule has 0 fully saturated rings. The predicted octanol–water partition coefficient (Wildman–Crippen LogP) is 8.25. The number of ether oxygens (including phenoxy) is 1. The summed E-state index contributed by atoms with van der Waals surface area (Å²) < 4.78 is 25.1. The van der Waals surface area contributed by atoms with Gasteiger partial charge >= 0.3 is 0 Å². The van der Waals surface area contributed by atoms with Crippen LogP contribution in [0.3, 0.4) is 0 Å². The molecule has 0 bridgehead atoms. The third-order valence-corrected chi connectivity index (χ3v) is 16.5. The van der Waals surface area contributed by atoms with E-state index in [4.69, 9.17) is 18.0 Å². The van der Waals surface area contributed by atoms with Gasteiger partial charge in [-0.3, -0.25) is 0 Å². The van der Waals surface area contributed by atoms with Crippen LogP contribution in [-0.4, -0.2) is 21.7 Å². The van der Waals surface area contributed by atoms with Crippen molar-refractivity contribution in [1.82, 2.24) is 0 Å². The van der Waals surface area contributed by atoms with Gasteiger partial charge in [0.15, 0.2) is 0 Å². The number of rotatable bonds is 4. The van der Waals surface area contributed by atoms with Crippen molar-refractivity contribution in [2.45, 2.75) is 84.1 Å². The molecule has 184 valence electrons. The highest BCUT2D eigenvalue weighted by Crippen LogP contribution is 2.49. The average molecular weight is 499 g/mol. The fraction of sp³-hybridized carbons (Fsp3) is 0.481. The Hall–Kier alpha value is -2.23. The zero-order valence-corrected chi connectivity index (χ0v) is 24.1. The number of aliphatic hydroxyl groups is 1. The van der Waals surface area contributed by atoms with Gasteiger partial charge in [0, 0.05) is 17.5 Å². The topological polar surface area (TPSA) is 61.1 Å². The Bertz CT molecular complexity index is 1230. The molecule has 1 N–H and O–H groups in total.